The zero-order chi connectivity index (χ0) is 26.4. The Labute approximate surface area is 241 Å². The van der Waals surface area contributed by atoms with Gasteiger partial charge in [0.1, 0.15) is 11.5 Å². The van der Waals surface area contributed by atoms with E-state index in [0.29, 0.717) is 15.9 Å². The molecule has 5 nitrogen and oxygen atoms in total. The molecule has 1 aliphatic carbocycles. The van der Waals surface area contributed by atoms with Crippen molar-refractivity contribution in [3.63, 3.8) is 0 Å². The van der Waals surface area contributed by atoms with Crippen molar-refractivity contribution in [3.05, 3.63) is 117 Å². The average molecular weight is 652 g/mol. The minimum absolute atomic E-state index is 0.0591. The summed E-state index contributed by atoms with van der Waals surface area (Å²) in [5.74, 6) is 1.51. The molecular weight excluding hydrogens is 628 g/mol. The second kappa shape index (κ2) is 10.3. The fourth-order valence-electron chi connectivity index (χ4n) is 5.29. The molecule has 0 saturated carbocycles. The van der Waals surface area contributed by atoms with E-state index in [1.165, 1.54) is 16.9 Å². The van der Waals surface area contributed by atoms with Crippen LogP contribution in [0.1, 0.15) is 41.6 Å². The van der Waals surface area contributed by atoms with E-state index in [2.05, 4.69) is 62.2 Å². The third-order valence-corrected chi connectivity index (χ3v) is 9.07. The SMILES string of the molecule is CCOc1c(Br)cc(/C=c2\sc3n(c2=O)[C@@H](c2ccccc2OC)C2=C(N=3)c3ccccc3CC2)cc1Br. The number of methoxy groups -OCH3 is 1. The summed E-state index contributed by atoms with van der Waals surface area (Å²) in [7, 11) is 1.68. The lowest BCUT2D eigenvalue weighted by molar-refractivity contribution is 0.336. The van der Waals surface area contributed by atoms with Crippen LogP contribution in [0.15, 0.2) is 85.0 Å². The van der Waals surface area contributed by atoms with Gasteiger partial charge >= 0.3 is 0 Å². The molecule has 0 radical (unpaired) electrons. The maximum Gasteiger partial charge on any atom is 0.271 e. The van der Waals surface area contributed by atoms with Gasteiger partial charge in [-0.25, -0.2) is 4.99 Å². The molecule has 2 heterocycles. The smallest absolute Gasteiger partial charge is 0.271 e. The third kappa shape index (κ3) is 4.28. The van der Waals surface area contributed by atoms with Crippen LogP contribution in [-0.2, 0) is 6.42 Å². The highest BCUT2D eigenvalue weighted by Crippen LogP contribution is 2.43. The van der Waals surface area contributed by atoms with Crippen molar-refractivity contribution >= 4 is 55.0 Å². The van der Waals surface area contributed by atoms with Crippen LogP contribution in [0.4, 0.5) is 0 Å². The number of aromatic nitrogens is 1. The summed E-state index contributed by atoms with van der Waals surface area (Å²) in [6.07, 6.45) is 3.67. The molecule has 0 saturated heterocycles. The van der Waals surface area contributed by atoms with Gasteiger partial charge in [0.15, 0.2) is 4.80 Å². The molecule has 38 heavy (non-hydrogen) atoms. The number of nitrogens with zero attached hydrogens (tertiary/aromatic N) is 2. The molecule has 0 amide bonds. The number of fused-ring (bicyclic) bond motifs is 3. The summed E-state index contributed by atoms with van der Waals surface area (Å²) in [5.41, 5.74) is 6.36. The van der Waals surface area contributed by atoms with Crippen molar-refractivity contribution in [1.29, 1.82) is 0 Å². The van der Waals surface area contributed by atoms with Gasteiger partial charge in [-0.3, -0.25) is 9.36 Å². The second-order valence-corrected chi connectivity index (χ2v) is 11.8. The van der Waals surface area contributed by atoms with Crippen molar-refractivity contribution in [2.75, 3.05) is 13.7 Å². The van der Waals surface area contributed by atoms with Crippen LogP contribution >= 0.6 is 43.2 Å². The van der Waals surface area contributed by atoms with Crippen LogP contribution in [0.25, 0.3) is 11.8 Å². The molecule has 192 valence electrons. The largest absolute Gasteiger partial charge is 0.496 e. The maximum absolute atomic E-state index is 14.0. The summed E-state index contributed by atoms with van der Waals surface area (Å²) in [5, 5.41) is 0. The Bertz CT molecular complexity index is 1760. The van der Waals surface area contributed by atoms with E-state index in [9.17, 15) is 4.79 Å². The maximum atomic E-state index is 14.0. The first-order valence-corrected chi connectivity index (χ1v) is 14.8. The fraction of sp³-hybridized carbons (Fsp3) is 0.200. The number of ether oxygens (including phenoxy) is 2. The van der Waals surface area contributed by atoms with E-state index in [4.69, 9.17) is 14.5 Å². The van der Waals surface area contributed by atoms with Gasteiger partial charge in [-0.15, -0.1) is 0 Å². The molecule has 3 aromatic carbocycles. The molecule has 1 aromatic heterocycles. The molecule has 2 aliphatic rings. The standard InChI is InChI=1S/C30H24Br2N2O3S/c1-3-37-28-22(31)14-17(15-23(28)32)16-25-29(35)34-27(20-10-6-7-11-24(20)36-2)21-13-12-18-8-4-5-9-19(18)26(21)33-30(34)38-25/h4-11,14-16,27H,3,12-13H2,1-2H3/b25-16-/t27-/m0/s1. The first kappa shape index (κ1) is 25.3. The minimum Gasteiger partial charge on any atom is -0.496 e. The Morgan fingerprint density at radius 2 is 1.82 bits per heavy atom. The van der Waals surface area contributed by atoms with Gasteiger partial charge in [-0.1, -0.05) is 53.8 Å². The zero-order valence-electron chi connectivity index (χ0n) is 20.8. The van der Waals surface area contributed by atoms with Crippen molar-refractivity contribution in [2.24, 2.45) is 4.99 Å². The number of thiazole rings is 1. The molecule has 0 fully saturated rings. The van der Waals surface area contributed by atoms with E-state index >= 15 is 0 Å². The lowest BCUT2D eigenvalue weighted by Gasteiger charge is -2.31. The molecule has 1 atom stereocenters. The molecule has 0 bridgehead atoms. The molecule has 6 rings (SSSR count). The summed E-state index contributed by atoms with van der Waals surface area (Å²) in [6.45, 7) is 2.51. The van der Waals surface area contributed by atoms with Crippen LogP contribution in [0.2, 0.25) is 0 Å². The molecule has 1 aliphatic heterocycles. The molecule has 0 unspecified atom stereocenters. The first-order valence-electron chi connectivity index (χ1n) is 12.4. The van der Waals surface area contributed by atoms with E-state index in [-0.39, 0.29) is 11.6 Å². The third-order valence-electron chi connectivity index (χ3n) is 6.91. The Hall–Kier alpha value is -2.94. The van der Waals surface area contributed by atoms with Crippen molar-refractivity contribution in [2.45, 2.75) is 25.8 Å². The Morgan fingerprint density at radius 1 is 1.08 bits per heavy atom. The summed E-state index contributed by atoms with van der Waals surface area (Å²) >= 11 is 8.63. The van der Waals surface area contributed by atoms with E-state index in [1.54, 1.807) is 7.11 Å². The van der Waals surface area contributed by atoms with Gasteiger partial charge in [0.25, 0.3) is 5.56 Å². The number of benzene rings is 3. The van der Waals surface area contributed by atoms with Gasteiger partial charge in [-0.05, 0) is 92.6 Å². The molecule has 0 N–H and O–H groups in total. The Kier molecular flexibility index (Phi) is 6.88. The lowest BCUT2D eigenvalue weighted by Crippen LogP contribution is -2.39. The lowest BCUT2D eigenvalue weighted by atomic mass is 9.83. The van der Waals surface area contributed by atoms with Crippen molar-refractivity contribution in [1.82, 2.24) is 4.57 Å². The second-order valence-electron chi connectivity index (χ2n) is 9.10. The molecular formula is C30H24Br2N2O3S. The van der Waals surface area contributed by atoms with Gasteiger partial charge in [0.2, 0.25) is 0 Å². The molecule has 8 heteroatoms. The van der Waals surface area contributed by atoms with E-state index in [0.717, 1.165) is 61.2 Å². The highest BCUT2D eigenvalue weighted by molar-refractivity contribution is 9.11. The highest BCUT2D eigenvalue weighted by atomic mass is 79.9. The number of halogens is 2. The van der Waals surface area contributed by atoms with E-state index < -0.39 is 0 Å². The number of hydrogen-bond donors (Lipinski definition) is 0. The van der Waals surface area contributed by atoms with Crippen LogP contribution < -0.4 is 24.4 Å². The quantitative estimate of drug-likeness (QED) is 0.256. The summed E-state index contributed by atoms with van der Waals surface area (Å²) in [6, 6.07) is 20.0. The van der Waals surface area contributed by atoms with Crippen LogP contribution in [0.3, 0.4) is 0 Å². The summed E-state index contributed by atoms with van der Waals surface area (Å²) < 4.78 is 15.6. The predicted octanol–water partition coefficient (Wildman–Crippen LogP) is 6.25. The predicted molar refractivity (Wildman–Crippen MR) is 159 cm³/mol. The van der Waals surface area contributed by atoms with E-state index in [1.807, 2.05) is 47.9 Å². The number of rotatable bonds is 5. The average Bonchev–Trinajstić information content (AvgIpc) is 3.23. The van der Waals surface area contributed by atoms with Crippen LogP contribution in [0.5, 0.6) is 11.5 Å². The number of para-hydroxylation sites is 1. The Morgan fingerprint density at radius 3 is 2.58 bits per heavy atom. The fourth-order valence-corrected chi connectivity index (χ4v) is 7.74. The van der Waals surface area contributed by atoms with Gasteiger partial charge in [-0.2, -0.15) is 0 Å². The number of aryl methyl sites for hydroxylation is 1. The molecule has 0 spiro atoms. The van der Waals surface area contributed by atoms with Gasteiger partial charge in [0, 0.05) is 11.1 Å². The normalized spacial score (nSPS) is 16.4. The van der Waals surface area contributed by atoms with Gasteiger partial charge < -0.3 is 9.47 Å². The van der Waals surface area contributed by atoms with Crippen LogP contribution in [-0.4, -0.2) is 18.3 Å². The van der Waals surface area contributed by atoms with Gasteiger partial charge in [0.05, 0.1) is 38.9 Å². The minimum atomic E-state index is -0.285. The molecule has 4 aromatic rings. The number of allylic oxidation sites excluding steroid dienone is 1. The first-order chi connectivity index (χ1) is 18.5. The van der Waals surface area contributed by atoms with Crippen LogP contribution in [0, 0.1) is 0 Å². The highest BCUT2D eigenvalue weighted by Gasteiger charge is 2.34. The monoisotopic (exact) mass is 650 g/mol. The number of hydrogen-bond acceptors (Lipinski definition) is 5. The van der Waals surface area contributed by atoms with Crippen molar-refractivity contribution in [3.8, 4) is 11.5 Å². The zero-order valence-corrected chi connectivity index (χ0v) is 24.8. The summed E-state index contributed by atoms with van der Waals surface area (Å²) in [4.78, 5) is 19.8. The Balaban J connectivity index is 1.60. The van der Waals surface area contributed by atoms with Crippen molar-refractivity contribution < 1.29 is 9.47 Å². The topological polar surface area (TPSA) is 52.8 Å².